The fourth-order valence-corrected chi connectivity index (χ4v) is 6.49. The molecule has 1 aliphatic heterocycles. The highest BCUT2D eigenvalue weighted by Crippen LogP contribution is 2.34. The number of fused-ring (bicyclic) bond motifs is 1. The number of nitrogens with one attached hydrogen (secondary N) is 1. The number of hydrogen-bond acceptors (Lipinski definition) is 6. The number of rotatable bonds is 16. The third-order valence-electron chi connectivity index (χ3n) is 8.11. The third-order valence-corrected chi connectivity index (χ3v) is 9.16. The zero-order valence-electron chi connectivity index (χ0n) is 28.3. The number of benzene rings is 3. The van der Waals surface area contributed by atoms with Crippen LogP contribution in [-0.4, -0.2) is 48.4 Å². The lowest BCUT2D eigenvalue weighted by Gasteiger charge is -2.27. The van der Waals surface area contributed by atoms with Gasteiger partial charge in [0.25, 0.3) is 5.91 Å². The SMILES string of the molecule is C#CCn1cncc1CSc1ccc(NC(=O)C2=Cc3cc(-c4ccc(OCCOCCCC)cc4)ccc3N(CC(C)C)CC2)cc1. The first-order chi connectivity index (χ1) is 23.4. The van der Waals surface area contributed by atoms with Gasteiger partial charge in [-0.2, -0.15) is 0 Å². The number of imidazole rings is 1. The maximum Gasteiger partial charge on any atom is 0.251 e. The van der Waals surface area contributed by atoms with Crippen LogP contribution in [0.3, 0.4) is 0 Å². The van der Waals surface area contributed by atoms with Crippen molar-refractivity contribution in [3.63, 3.8) is 0 Å². The molecule has 0 fully saturated rings. The predicted octanol–water partition coefficient (Wildman–Crippen LogP) is 8.56. The minimum atomic E-state index is -0.0727. The number of unbranched alkanes of at least 4 members (excludes halogenated alkanes) is 1. The average molecular weight is 663 g/mol. The van der Waals surface area contributed by atoms with Crippen LogP contribution in [0.15, 0.2) is 89.7 Å². The van der Waals surface area contributed by atoms with Crippen LogP contribution in [0.5, 0.6) is 5.75 Å². The van der Waals surface area contributed by atoms with Crippen LogP contribution >= 0.6 is 11.8 Å². The van der Waals surface area contributed by atoms with E-state index in [0.717, 1.165) is 88.3 Å². The maximum atomic E-state index is 13.6. The molecular weight excluding hydrogens is 617 g/mol. The summed E-state index contributed by atoms with van der Waals surface area (Å²) in [5.74, 6) is 4.68. The number of carbonyl (C=O) groups excluding carboxylic acids is 1. The van der Waals surface area contributed by atoms with Crippen LogP contribution < -0.4 is 15.0 Å². The number of carbonyl (C=O) groups is 1. The summed E-state index contributed by atoms with van der Waals surface area (Å²) in [4.78, 5) is 21.4. The van der Waals surface area contributed by atoms with E-state index >= 15 is 0 Å². The smallest absolute Gasteiger partial charge is 0.251 e. The molecule has 1 amide bonds. The number of ether oxygens (including phenoxy) is 2. The second kappa shape index (κ2) is 17.6. The second-order valence-corrected chi connectivity index (χ2v) is 13.4. The summed E-state index contributed by atoms with van der Waals surface area (Å²) in [6.07, 6.45) is 14.0. The highest BCUT2D eigenvalue weighted by Gasteiger charge is 2.21. The minimum Gasteiger partial charge on any atom is -0.491 e. The summed E-state index contributed by atoms with van der Waals surface area (Å²) in [5.41, 5.74) is 7.03. The molecule has 1 aromatic heterocycles. The van der Waals surface area contributed by atoms with Crippen molar-refractivity contribution in [3.05, 3.63) is 96.1 Å². The normalized spacial score (nSPS) is 12.6. The topological polar surface area (TPSA) is 68.6 Å². The van der Waals surface area contributed by atoms with Crippen molar-refractivity contribution in [2.75, 3.05) is 43.1 Å². The average Bonchev–Trinajstić information content (AvgIpc) is 3.46. The fraction of sp³-hybridized carbons (Fsp3) is 0.350. The van der Waals surface area contributed by atoms with E-state index in [0.29, 0.717) is 32.1 Å². The molecule has 0 atom stereocenters. The van der Waals surface area contributed by atoms with E-state index in [-0.39, 0.29) is 5.91 Å². The second-order valence-electron chi connectivity index (χ2n) is 12.4. The van der Waals surface area contributed by atoms with Gasteiger partial charge < -0.3 is 24.3 Å². The first-order valence-corrected chi connectivity index (χ1v) is 17.8. The van der Waals surface area contributed by atoms with E-state index in [1.54, 1.807) is 18.1 Å². The van der Waals surface area contributed by atoms with Crippen molar-refractivity contribution in [1.29, 1.82) is 0 Å². The van der Waals surface area contributed by atoms with Crippen LogP contribution in [0.4, 0.5) is 11.4 Å². The molecule has 4 aromatic rings. The number of aromatic nitrogens is 2. The molecule has 5 rings (SSSR count). The van der Waals surface area contributed by atoms with Gasteiger partial charge in [0.15, 0.2) is 0 Å². The number of terminal acetylenes is 1. The van der Waals surface area contributed by atoms with Crippen LogP contribution in [-0.2, 0) is 21.8 Å². The van der Waals surface area contributed by atoms with Crippen molar-refractivity contribution in [2.24, 2.45) is 5.92 Å². The Morgan fingerprint density at radius 3 is 2.58 bits per heavy atom. The van der Waals surface area contributed by atoms with Crippen molar-refractivity contribution in [3.8, 4) is 29.2 Å². The Bertz CT molecular complexity index is 1700. The monoisotopic (exact) mass is 662 g/mol. The standard InChI is InChI=1S/C40H46N4O3S/c1-5-7-21-46-22-23-47-37-13-8-31(9-14-37)32-10-17-39-34(24-32)25-33(18-20-43(39)27-30(3)4)40(45)42-35-11-15-38(16-12-35)48-28-36-26-41-29-44(36)19-6-2/h2,8-17,24-26,29-30H,5,7,18-23,27-28H2,1,3-4H3,(H,42,45). The van der Waals surface area contributed by atoms with Crippen LogP contribution in [0.1, 0.15) is 51.3 Å². The summed E-state index contributed by atoms with van der Waals surface area (Å²) >= 11 is 1.71. The number of amides is 1. The van der Waals surface area contributed by atoms with Crippen molar-refractivity contribution in [2.45, 2.75) is 57.2 Å². The van der Waals surface area contributed by atoms with Gasteiger partial charge >= 0.3 is 0 Å². The summed E-state index contributed by atoms with van der Waals surface area (Å²) in [5, 5.41) is 3.14. The van der Waals surface area contributed by atoms with Gasteiger partial charge in [-0.3, -0.25) is 4.79 Å². The van der Waals surface area contributed by atoms with Gasteiger partial charge in [0.1, 0.15) is 12.4 Å². The van der Waals surface area contributed by atoms with E-state index in [1.807, 2.05) is 47.2 Å². The molecule has 3 aromatic carbocycles. The molecule has 0 radical (unpaired) electrons. The molecule has 0 aliphatic carbocycles. The Morgan fingerprint density at radius 1 is 1.04 bits per heavy atom. The molecule has 7 nitrogen and oxygen atoms in total. The molecule has 0 saturated carbocycles. The van der Waals surface area contributed by atoms with Gasteiger partial charge in [0.05, 0.1) is 19.5 Å². The van der Waals surface area contributed by atoms with Crippen molar-refractivity contribution >= 4 is 35.1 Å². The highest BCUT2D eigenvalue weighted by molar-refractivity contribution is 7.98. The number of thioether (sulfide) groups is 1. The first-order valence-electron chi connectivity index (χ1n) is 16.8. The number of hydrogen-bond donors (Lipinski definition) is 1. The molecule has 48 heavy (non-hydrogen) atoms. The molecule has 0 spiro atoms. The Balaban J connectivity index is 1.26. The molecule has 0 bridgehead atoms. The number of anilines is 2. The van der Waals surface area contributed by atoms with Gasteiger partial charge in [-0.25, -0.2) is 4.98 Å². The maximum absolute atomic E-state index is 13.6. The summed E-state index contributed by atoms with van der Waals surface area (Å²) in [6.45, 7) is 10.7. The highest BCUT2D eigenvalue weighted by atomic mass is 32.2. The fourth-order valence-electron chi connectivity index (χ4n) is 5.61. The van der Waals surface area contributed by atoms with Gasteiger partial charge in [-0.05, 0) is 90.1 Å². The number of nitrogens with zero attached hydrogens (tertiary/aromatic N) is 3. The van der Waals surface area contributed by atoms with Gasteiger partial charge in [0.2, 0.25) is 0 Å². The summed E-state index contributed by atoms with van der Waals surface area (Å²) in [6, 6.07) is 22.7. The molecular formula is C40H46N4O3S. The zero-order valence-corrected chi connectivity index (χ0v) is 29.1. The van der Waals surface area contributed by atoms with Gasteiger partial charge in [-0.15, -0.1) is 18.2 Å². The largest absolute Gasteiger partial charge is 0.491 e. The molecule has 0 saturated heterocycles. The van der Waals surface area contributed by atoms with Gasteiger partial charge in [0, 0.05) is 59.2 Å². The van der Waals surface area contributed by atoms with E-state index in [1.165, 1.54) is 0 Å². The Morgan fingerprint density at radius 2 is 1.83 bits per heavy atom. The summed E-state index contributed by atoms with van der Waals surface area (Å²) in [7, 11) is 0. The molecule has 1 aliphatic rings. The Labute approximate surface area is 289 Å². The molecule has 1 N–H and O–H groups in total. The van der Waals surface area contributed by atoms with Crippen LogP contribution in [0.25, 0.3) is 17.2 Å². The summed E-state index contributed by atoms with van der Waals surface area (Å²) < 4.78 is 13.5. The third kappa shape index (κ3) is 9.79. The molecule has 250 valence electrons. The van der Waals surface area contributed by atoms with Gasteiger partial charge in [-0.1, -0.05) is 51.3 Å². The quantitative estimate of drug-likeness (QED) is 0.0737. The van der Waals surface area contributed by atoms with Crippen LogP contribution in [0, 0.1) is 18.3 Å². The lowest BCUT2D eigenvalue weighted by atomic mass is 10.00. The molecule has 8 heteroatoms. The Hall–Kier alpha value is -4.45. The van der Waals surface area contributed by atoms with Crippen molar-refractivity contribution in [1.82, 2.24) is 9.55 Å². The first kappa shape index (κ1) is 34.9. The van der Waals surface area contributed by atoms with Crippen LogP contribution in [0.2, 0.25) is 0 Å². The van der Waals surface area contributed by atoms with E-state index < -0.39 is 0 Å². The van der Waals surface area contributed by atoms with E-state index in [2.05, 4.69) is 78.3 Å². The lowest BCUT2D eigenvalue weighted by Crippen LogP contribution is -2.29. The van der Waals surface area contributed by atoms with E-state index in [9.17, 15) is 4.79 Å². The lowest BCUT2D eigenvalue weighted by molar-refractivity contribution is -0.112. The molecule has 0 unspecified atom stereocenters. The Kier molecular flexibility index (Phi) is 12.8. The predicted molar refractivity (Wildman–Crippen MR) is 198 cm³/mol. The van der Waals surface area contributed by atoms with Crippen molar-refractivity contribution < 1.29 is 14.3 Å². The minimum absolute atomic E-state index is 0.0727. The molecule has 2 heterocycles. The van der Waals surface area contributed by atoms with E-state index in [4.69, 9.17) is 15.9 Å². The zero-order chi connectivity index (χ0) is 33.7.